The Morgan fingerprint density at radius 1 is 0.724 bits per heavy atom. The second-order valence-corrected chi connectivity index (χ2v) is 8.13. The maximum absolute atomic E-state index is 5.16. The Bertz CT molecular complexity index is 1020. The van der Waals surface area contributed by atoms with Crippen molar-refractivity contribution in [2.24, 2.45) is 4.99 Å². The fraction of sp³-hybridized carbons (Fsp3) is 0.269. The zero-order valence-electron chi connectivity index (χ0n) is 16.7. The highest BCUT2D eigenvalue weighted by Crippen LogP contribution is 2.39. The maximum Gasteiger partial charge on any atom is 0.127 e. The molecule has 1 heterocycles. The monoisotopic (exact) mass is 381 g/mol. The number of benzene rings is 3. The Balaban J connectivity index is 1.50. The number of hydrogen-bond acceptors (Lipinski definition) is 2. The highest BCUT2D eigenvalue weighted by atomic mass is 15.2. The highest BCUT2D eigenvalue weighted by Gasteiger charge is 2.40. The lowest BCUT2D eigenvalue weighted by Gasteiger charge is -2.44. The standard InChI is InChI=1S/C26H27N3/c1-3-11-20(12-4-1)22-14-6-5-13-21(22)19-27-25-26(17-9-2-10-18-26)29-24-16-8-7-15-23(24)28-25/h1,3-8,11-16,29H,2,9-10,17-19H2,(H,27,28). The van der Waals surface area contributed by atoms with Crippen LogP contribution < -0.4 is 10.6 Å². The maximum atomic E-state index is 5.16. The molecule has 3 aromatic rings. The smallest absolute Gasteiger partial charge is 0.127 e. The molecule has 0 amide bonds. The number of hydrogen-bond donors (Lipinski definition) is 2. The van der Waals surface area contributed by atoms with Gasteiger partial charge >= 0.3 is 0 Å². The van der Waals surface area contributed by atoms with E-state index in [2.05, 4.69) is 89.5 Å². The number of para-hydroxylation sites is 2. The van der Waals surface area contributed by atoms with Gasteiger partial charge in [0.2, 0.25) is 0 Å². The summed E-state index contributed by atoms with van der Waals surface area (Å²) in [6.45, 7) is 0.680. The van der Waals surface area contributed by atoms with Crippen molar-refractivity contribution in [3.8, 4) is 11.1 Å². The van der Waals surface area contributed by atoms with E-state index in [0.29, 0.717) is 6.54 Å². The number of aliphatic imine (C=N–C) groups is 1. The normalized spacial score (nSPS) is 18.7. The molecule has 1 saturated carbocycles. The Hall–Kier alpha value is -3.07. The van der Waals surface area contributed by atoms with Crippen molar-refractivity contribution in [3.63, 3.8) is 0 Å². The molecule has 5 rings (SSSR count). The third-order valence-electron chi connectivity index (χ3n) is 6.22. The third kappa shape index (κ3) is 3.53. The Kier molecular flexibility index (Phi) is 4.81. The van der Waals surface area contributed by atoms with Gasteiger partial charge in [-0.2, -0.15) is 0 Å². The first kappa shape index (κ1) is 18.0. The van der Waals surface area contributed by atoms with E-state index >= 15 is 0 Å². The molecule has 0 radical (unpaired) electrons. The largest absolute Gasteiger partial charge is 0.371 e. The summed E-state index contributed by atoms with van der Waals surface area (Å²) in [6, 6.07) is 27.7. The summed E-state index contributed by atoms with van der Waals surface area (Å²) in [5.74, 6) is 1.10. The lowest BCUT2D eigenvalue weighted by atomic mass is 9.79. The minimum absolute atomic E-state index is 0.0612. The van der Waals surface area contributed by atoms with Crippen molar-refractivity contribution >= 4 is 17.2 Å². The van der Waals surface area contributed by atoms with E-state index in [4.69, 9.17) is 4.99 Å². The molecular formula is C26H27N3. The summed E-state index contributed by atoms with van der Waals surface area (Å²) in [4.78, 5) is 5.16. The molecule has 2 aliphatic rings. The molecule has 3 aromatic carbocycles. The topological polar surface area (TPSA) is 36.4 Å². The third-order valence-corrected chi connectivity index (χ3v) is 6.22. The predicted octanol–water partition coefficient (Wildman–Crippen LogP) is 6.49. The average Bonchev–Trinajstić information content (AvgIpc) is 2.79. The molecule has 1 aliphatic carbocycles. The van der Waals surface area contributed by atoms with Crippen molar-refractivity contribution < 1.29 is 0 Å². The van der Waals surface area contributed by atoms with Crippen LogP contribution in [-0.2, 0) is 6.54 Å². The first-order chi connectivity index (χ1) is 14.3. The number of rotatable bonds is 3. The summed E-state index contributed by atoms with van der Waals surface area (Å²) in [7, 11) is 0. The van der Waals surface area contributed by atoms with Crippen molar-refractivity contribution in [2.45, 2.75) is 44.2 Å². The van der Waals surface area contributed by atoms with E-state index in [9.17, 15) is 0 Å². The van der Waals surface area contributed by atoms with Gasteiger partial charge in [0.15, 0.2) is 0 Å². The molecule has 0 atom stereocenters. The van der Waals surface area contributed by atoms with Crippen LogP contribution in [0.3, 0.4) is 0 Å². The van der Waals surface area contributed by atoms with Crippen LogP contribution in [0, 0.1) is 0 Å². The van der Waals surface area contributed by atoms with E-state index in [1.54, 1.807) is 0 Å². The molecule has 2 N–H and O–H groups in total. The second-order valence-electron chi connectivity index (χ2n) is 8.13. The first-order valence-corrected chi connectivity index (χ1v) is 10.7. The van der Waals surface area contributed by atoms with Crippen molar-refractivity contribution in [1.82, 2.24) is 0 Å². The van der Waals surface area contributed by atoms with E-state index in [1.807, 2.05) is 0 Å². The zero-order valence-corrected chi connectivity index (χ0v) is 16.7. The van der Waals surface area contributed by atoms with Gasteiger partial charge in [-0.25, -0.2) is 0 Å². The number of nitrogens with one attached hydrogen (secondary N) is 2. The minimum atomic E-state index is -0.0612. The van der Waals surface area contributed by atoms with Gasteiger partial charge in [-0.1, -0.05) is 86.0 Å². The van der Waals surface area contributed by atoms with Gasteiger partial charge in [-0.05, 0) is 41.7 Å². The van der Waals surface area contributed by atoms with Crippen molar-refractivity contribution in [1.29, 1.82) is 0 Å². The molecule has 3 heteroatoms. The Morgan fingerprint density at radius 2 is 1.41 bits per heavy atom. The van der Waals surface area contributed by atoms with Gasteiger partial charge < -0.3 is 10.6 Å². The molecule has 1 fully saturated rings. The summed E-state index contributed by atoms with van der Waals surface area (Å²) >= 11 is 0. The molecule has 1 aliphatic heterocycles. The predicted molar refractivity (Wildman–Crippen MR) is 123 cm³/mol. The van der Waals surface area contributed by atoms with E-state index < -0.39 is 0 Å². The van der Waals surface area contributed by atoms with Crippen LogP contribution in [-0.4, -0.2) is 11.4 Å². The van der Waals surface area contributed by atoms with Crippen LogP contribution in [0.4, 0.5) is 11.4 Å². The van der Waals surface area contributed by atoms with Crippen molar-refractivity contribution in [2.75, 3.05) is 10.6 Å². The fourth-order valence-corrected chi connectivity index (χ4v) is 4.70. The van der Waals surface area contributed by atoms with Crippen molar-refractivity contribution in [3.05, 3.63) is 84.4 Å². The van der Waals surface area contributed by atoms with Gasteiger partial charge in [0.1, 0.15) is 5.84 Å². The molecule has 146 valence electrons. The van der Waals surface area contributed by atoms with Gasteiger partial charge in [0.05, 0.1) is 23.5 Å². The summed E-state index contributed by atoms with van der Waals surface area (Å²) < 4.78 is 0. The van der Waals surface area contributed by atoms with Gasteiger partial charge in [-0.15, -0.1) is 0 Å². The first-order valence-electron chi connectivity index (χ1n) is 10.7. The Morgan fingerprint density at radius 3 is 2.24 bits per heavy atom. The average molecular weight is 382 g/mol. The van der Waals surface area contributed by atoms with E-state index in [0.717, 1.165) is 24.4 Å². The molecule has 0 aromatic heterocycles. The van der Waals surface area contributed by atoms with Crippen LogP contribution in [0.15, 0.2) is 83.9 Å². The van der Waals surface area contributed by atoms with Crippen LogP contribution >= 0.6 is 0 Å². The summed E-state index contributed by atoms with van der Waals surface area (Å²) in [5.41, 5.74) is 6.03. The summed E-state index contributed by atoms with van der Waals surface area (Å²) in [5, 5.41) is 7.53. The molecule has 0 bridgehead atoms. The van der Waals surface area contributed by atoms with E-state index in [-0.39, 0.29) is 5.54 Å². The SMILES string of the molecule is c1ccc(-c2ccccc2CN=C2Nc3ccccc3NC23CCCCC3)cc1. The van der Waals surface area contributed by atoms with Crippen LogP contribution in [0.2, 0.25) is 0 Å². The molecule has 0 unspecified atom stereocenters. The highest BCUT2D eigenvalue weighted by molar-refractivity contribution is 6.09. The molecule has 29 heavy (non-hydrogen) atoms. The second kappa shape index (κ2) is 7.75. The van der Waals surface area contributed by atoms with Crippen LogP contribution in [0.25, 0.3) is 11.1 Å². The fourth-order valence-electron chi connectivity index (χ4n) is 4.70. The molecule has 1 spiro atoms. The van der Waals surface area contributed by atoms with Crippen LogP contribution in [0.5, 0.6) is 0 Å². The van der Waals surface area contributed by atoms with Crippen LogP contribution in [0.1, 0.15) is 37.7 Å². The van der Waals surface area contributed by atoms with Gasteiger partial charge in [0.25, 0.3) is 0 Å². The van der Waals surface area contributed by atoms with Gasteiger partial charge in [0, 0.05) is 0 Å². The molecule has 3 nitrogen and oxygen atoms in total. The lowest BCUT2D eigenvalue weighted by molar-refractivity contribution is 0.403. The number of anilines is 2. The minimum Gasteiger partial charge on any atom is -0.371 e. The lowest BCUT2D eigenvalue weighted by Crippen LogP contribution is -2.53. The molecular weight excluding hydrogens is 354 g/mol. The number of nitrogens with zero attached hydrogens (tertiary/aromatic N) is 1. The number of amidine groups is 1. The van der Waals surface area contributed by atoms with Gasteiger partial charge in [-0.3, -0.25) is 4.99 Å². The zero-order chi connectivity index (χ0) is 19.5. The summed E-state index contributed by atoms with van der Waals surface area (Å²) in [6.07, 6.45) is 6.07. The quantitative estimate of drug-likeness (QED) is 0.544. The number of fused-ring (bicyclic) bond motifs is 1. The Labute approximate surface area is 172 Å². The van der Waals surface area contributed by atoms with E-state index in [1.165, 1.54) is 41.6 Å². The molecule has 0 saturated heterocycles.